The van der Waals surface area contributed by atoms with Gasteiger partial charge in [-0.05, 0) is 73.6 Å². The molecule has 0 aromatic heterocycles. The molecule has 0 radical (unpaired) electrons. The summed E-state index contributed by atoms with van der Waals surface area (Å²) >= 11 is 13.0. The molecule has 214 valence electrons. The van der Waals surface area contributed by atoms with Gasteiger partial charge in [0, 0.05) is 23.8 Å². The third-order valence-corrected chi connectivity index (χ3v) is 9.75. The highest BCUT2D eigenvalue weighted by Gasteiger charge is 2.34. The lowest BCUT2D eigenvalue weighted by Crippen LogP contribution is -2.33. The molecule has 1 heterocycles. The van der Waals surface area contributed by atoms with Crippen molar-refractivity contribution < 1.29 is 13.2 Å². The number of ether oxygens (including phenoxy) is 1. The Balaban J connectivity index is 1.68. The average Bonchev–Trinajstić information content (AvgIpc) is 3.47. The number of sulfonamides is 1. The Bertz CT molecular complexity index is 1640. The molecule has 1 fully saturated rings. The molecule has 5 nitrogen and oxygen atoms in total. The van der Waals surface area contributed by atoms with Crippen molar-refractivity contribution in [2.75, 3.05) is 22.3 Å². The van der Waals surface area contributed by atoms with Gasteiger partial charge < -0.3 is 9.64 Å². The highest BCUT2D eigenvalue weighted by atomic mass is 35.5. The molecule has 41 heavy (non-hydrogen) atoms. The van der Waals surface area contributed by atoms with Gasteiger partial charge in [0.15, 0.2) is 5.75 Å². The minimum atomic E-state index is -4.21. The van der Waals surface area contributed by atoms with Crippen LogP contribution in [0, 0.1) is 20.8 Å². The molecule has 1 aliphatic rings. The van der Waals surface area contributed by atoms with E-state index in [1.807, 2.05) is 74.5 Å². The Labute approximate surface area is 253 Å². The lowest BCUT2D eigenvalue weighted by atomic mass is 10.0. The summed E-state index contributed by atoms with van der Waals surface area (Å²) in [6, 6.07) is 24.2. The van der Waals surface area contributed by atoms with Gasteiger partial charge in [0.05, 0.1) is 17.3 Å². The summed E-state index contributed by atoms with van der Waals surface area (Å²) in [7, 11) is -4.21. The predicted molar refractivity (Wildman–Crippen MR) is 169 cm³/mol. The summed E-state index contributed by atoms with van der Waals surface area (Å²) < 4.78 is 37.2. The Morgan fingerprint density at radius 2 is 1.44 bits per heavy atom. The van der Waals surface area contributed by atoms with Crippen molar-refractivity contribution >= 4 is 44.6 Å². The maximum atomic E-state index is 14.8. The number of hydrogen-bond donors (Lipinski definition) is 0. The van der Waals surface area contributed by atoms with Crippen LogP contribution in [-0.2, 0) is 23.2 Å². The minimum Gasteiger partial charge on any atom is -0.486 e. The van der Waals surface area contributed by atoms with Gasteiger partial charge in [-0.25, -0.2) is 8.42 Å². The van der Waals surface area contributed by atoms with Crippen molar-refractivity contribution in [1.29, 1.82) is 0 Å². The maximum absolute atomic E-state index is 14.8. The van der Waals surface area contributed by atoms with E-state index in [4.69, 9.17) is 27.9 Å². The van der Waals surface area contributed by atoms with Crippen LogP contribution >= 0.6 is 23.2 Å². The van der Waals surface area contributed by atoms with E-state index in [9.17, 15) is 8.42 Å². The van der Waals surface area contributed by atoms with E-state index in [1.165, 1.54) is 16.4 Å². The van der Waals surface area contributed by atoms with Gasteiger partial charge in [0.2, 0.25) is 0 Å². The normalized spacial score (nSPS) is 13.4. The lowest BCUT2D eigenvalue weighted by molar-refractivity contribution is 0.298. The molecule has 4 aromatic rings. The second kappa shape index (κ2) is 12.4. The molecule has 1 aliphatic heterocycles. The third-order valence-electron chi connectivity index (χ3n) is 7.50. The topological polar surface area (TPSA) is 49.9 Å². The monoisotopic (exact) mass is 608 g/mol. The van der Waals surface area contributed by atoms with Crippen LogP contribution in [0.2, 0.25) is 10.0 Å². The molecule has 0 spiro atoms. The van der Waals surface area contributed by atoms with E-state index in [2.05, 4.69) is 17.9 Å². The Hall–Kier alpha value is -3.19. The van der Waals surface area contributed by atoms with Crippen LogP contribution in [0.4, 0.5) is 11.4 Å². The summed E-state index contributed by atoms with van der Waals surface area (Å²) in [6.45, 7) is 8.29. The molecule has 4 aromatic carbocycles. The van der Waals surface area contributed by atoms with Crippen molar-refractivity contribution in [3.8, 4) is 5.75 Å². The molecule has 0 bridgehead atoms. The van der Waals surface area contributed by atoms with Crippen molar-refractivity contribution in [3.63, 3.8) is 0 Å². The van der Waals surface area contributed by atoms with Crippen molar-refractivity contribution in [1.82, 2.24) is 0 Å². The first kappa shape index (κ1) is 29.3. The number of anilines is 2. The van der Waals surface area contributed by atoms with Crippen LogP contribution in [0.25, 0.3) is 0 Å². The zero-order chi connectivity index (χ0) is 29.1. The summed E-state index contributed by atoms with van der Waals surface area (Å²) in [5, 5.41) is 0.358. The summed E-state index contributed by atoms with van der Waals surface area (Å²) in [5.41, 5.74) is 6.46. The van der Waals surface area contributed by atoms with Crippen LogP contribution in [0.1, 0.15) is 40.7 Å². The van der Waals surface area contributed by atoms with Gasteiger partial charge >= 0.3 is 0 Å². The first-order valence-electron chi connectivity index (χ1n) is 13.7. The molecule has 0 unspecified atom stereocenters. The van der Waals surface area contributed by atoms with Gasteiger partial charge in [-0.3, -0.25) is 4.31 Å². The molecular formula is C33H34Cl2N2O3S. The van der Waals surface area contributed by atoms with Gasteiger partial charge in [0.1, 0.15) is 11.5 Å². The quantitative estimate of drug-likeness (QED) is 0.191. The number of halogens is 2. The average molecular weight is 610 g/mol. The van der Waals surface area contributed by atoms with Crippen molar-refractivity contribution in [3.05, 3.63) is 117 Å². The number of aryl methyl sites for hydroxylation is 2. The fourth-order valence-electron chi connectivity index (χ4n) is 5.73. The summed E-state index contributed by atoms with van der Waals surface area (Å²) in [5.74, 6) is 0.0835. The van der Waals surface area contributed by atoms with Crippen LogP contribution in [-0.4, -0.2) is 21.5 Å². The van der Waals surface area contributed by atoms with E-state index >= 15 is 0 Å². The Morgan fingerprint density at radius 3 is 2.07 bits per heavy atom. The molecule has 1 saturated heterocycles. The second-order valence-corrected chi connectivity index (χ2v) is 13.2. The van der Waals surface area contributed by atoms with E-state index in [0.717, 1.165) is 59.4 Å². The second-order valence-electron chi connectivity index (χ2n) is 10.5. The highest BCUT2D eigenvalue weighted by molar-refractivity contribution is 7.93. The van der Waals surface area contributed by atoms with Crippen molar-refractivity contribution in [2.24, 2.45) is 0 Å². The van der Waals surface area contributed by atoms with Gasteiger partial charge in [-0.15, -0.1) is 0 Å². The minimum absolute atomic E-state index is 0.0658. The van der Waals surface area contributed by atoms with Crippen LogP contribution in [0.3, 0.4) is 0 Å². The maximum Gasteiger partial charge on any atom is 0.268 e. The van der Waals surface area contributed by atoms with Gasteiger partial charge in [0.25, 0.3) is 10.0 Å². The van der Waals surface area contributed by atoms with E-state index < -0.39 is 10.0 Å². The zero-order valence-electron chi connectivity index (χ0n) is 23.5. The summed E-state index contributed by atoms with van der Waals surface area (Å²) in [6.07, 6.45) is 2.24. The smallest absolute Gasteiger partial charge is 0.268 e. The van der Waals surface area contributed by atoms with E-state index in [1.54, 1.807) is 0 Å². The third kappa shape index (κ3) is 6.20. The van der Waals surface area contributed by atoms with Gasteiger partial charge in [-0.2, -0.15) is 0 Å². The van der Waals surface area contributed by atoms with Crippen LogP contribution in [0.15, 0.2) is 83.8 Å². The van der Waals surface area contributed by atoms with Crippen LogP contribution in [0.5, 0.6) is 5.75 Å². The standard InChI is InChI=1S/C33H34Cl2N2O3S/c1-23-18-24(2)32(25(3)31(23)36-16-10-11-17-36)37(21-26-12-6-4-7-13-26)41(38,39)30-20-28(34)19-29(35)33(30)40-22-27-14-8-5-9-15-27/h4-9,12-15,18-20H,10-11,16-17,21-22H2,1-3H3. The fraction of sp³-hybridized carbons (Fsp3) is 0.273. The summed E-state index contributed by atoms with van der Waals surface area (Å²) in [4.78, 5) is 2.30. The number of benzene rings is 4. The first-order chi connectivity index (χ1) is 19.7. The Morgan fingerprint density at radius 1 is 0.829 bits per heavy atom. The molecule has 0 amide bonds. The Kier molecular flexibility index (Phi) is 8.83. The largest absolute Gasteiger partial charge is 0.486 e. The molecule has 5 rings (SSSR count). The van der Waals surface area contributed by atoms with Crippen molar-refractivity contribution in [2.45, 2.75) is 51.7 Å². The molecular weight excluding hydrogens is 575 g/mol. The number of nitrogens with zero attached hydrogens (tertiary/aromatic N) is 2. The SMILES string of the molecule is Cc1cc(C)c(N(Cc2ccccc2)S(=O)(=O)c2cc(Cl)cc(Cl)c2OCc2ccccc2)c(C)c1N1CCCC1. The molecule has 8 heteroatoms. The fourth-order valence-corrected chi connectivity index (χ4v) is 8.15. The molecule has 0 atom stereocenters. The predicted octanol–water partition coefficient (Wildman–Crippen LogP) is 8.49. The first-order valence-corrected chi connectivity index (χ1v) is 15.9. The number of hydrogen-bond acceptors (Lipinski definition) is 4. The van der Waals surface area contributed by atoms with E-state index in [0.29, 0.717) is 5.69 Å². The lowest BCUT2D eigenvalue weighted by Gasteiger charge is -2.32. The molecule has 0 aliphatic carbocycles. The van der Waals surface area contributed by atoms with Gasteiger partial charge in [-0.1, -0.05) is 89.9 Å². The molecule has 0 saturated carbocycles. The molecule has 0 N–H and O–H groups in total. The number of rotatable bonds is 9. The highest BCUT2D eigenvalue weighted by Crippen LogP contribution is 2.43. The van der Waals surface area contributed by atoms with Crippen LogP contribution < -0.4 is 13.9 Å². The zero-order valence-corrected chi connectivity index (χ0v) is 25.9. The van der Waals surface area contributed by atoms with E-state index in [-0.39, 0.29) is 33.8 Å².